The van der Waals surface area contributed by atoms with Crippen molar-refractivity contribution in [1.82, 2.24) is 0 Å². The predicted molar refractivity (Wildman–Crippen MR) is 97.4 cm³/mol. The maximum Gasteiger partial charge on any atom is 0.258 e. The summed E-state index contributed by atoms with van der Waals surface area (Å²) in [7, 11) is 1.58. The first-order valence-electron chi connectivity index (χ1n) is 8.21. The molecule has 0 N–H and O–H groups in total. The van der Waals surface area contributed by atoms with Gasteiger partial charge in [-0.15, -0.1) is 0 Å². The van der Waals surface area contributed by atoms with Crippen molar-refractivity contribution in [3.63, 3.8) is 0 Å². The number of benzene rings is 2. The van der Waals surface area contributed by atoms with E-state index in [-0.39, 0.29) is 5.91 Å². The van der Waals surface area contributed by atoms with E-state index in [9.17, 15) is 4.79 Å². The summed E-state index contributed by atoms with van der Waals surface area (Å²) < 4.78 is 10.9. The topological polar surface area (TPSA) is 38.8 Å². The SMILES string of the molecule is CCOc1ccc(C(=O)N(CC)c2cc(C)ccc2C)cc1OC. The third-order valence-corrected chi connectivity index (χ3v) is 3.93. The quantitative estimate of drug-likeness (QED) is 0.790. The number of hydrogen-bond acceptors (Lipinski definition) is 3. The molecule has 0 heterocycles. The lowest BCUT2D eigenvalue weighted by Gasteiger charge is -2.24. The van der Waals surface area contributed by atoms with Gasteiger partial charge in [0.15, 0.2) is 11.5 Å². The van der Waals surface area contributed by atoms with Gasteiger partial charge in [-0.25, -0.2) is 0 Å². The lowest BCUT2D eigenvalue weighted by Crippen LogP contribution is -2.31. The van der Waals surface area contributed by atoms with Crippen LogP contribution in [0.1, 0.15) is 35.3 Å². The molecule has 1 amide bonds. The second kappa shape index (κ2) is 7.86. The molecule has 2 aromatic carbocycles. The number of anilines is 1. The van der Waals surface area contributed by atoms with Gasteiger partial charge < -0.3 is 14.4 Å². The van der Waals surface area contributed by atoms with Crippen LogP contribution in [0.3, 0.4) is 0 Å². The Balaban J connectivity index is 2.40. The normalized spacial score (nSPS) is 10.4. The number of ether oxygens (including phenoxy) is 2. The molecule has 128 valence electrons. The van der Waals surface area contributed by atoms with Gasteiger partial charge in [-0.05, 0) is 63.1 Å². The van der Waals surface area contributed by atoms with Crippen molar-refractivity contribution in [3.8, 4) is 11.5 Å². The van der Waals surface area contributed by atoms with Crippen molar-refractivity contribution in [3.05, 3.63) is 53.1 Å². The van der Waals surface area contributed by atoms with Crippen molar-refractivity contribution in [1.29, 1.82) is 0 Å². The van der Waals surface area contributed by atoms with E-state index in [4.69, 9.17) is 9.47 Å². The zero-order chi connectivity index (χ0) is 17.7. The minimum absolute atomic E-state index is 0.0486. The monoisotopic (exact) mass is 327 g/mol. The van der Waals surface area contributed by atoms with Crippen molar-refractivity contribution >= 4 is 11.6 Å². The van der Waals surface area contributed by atoms with Crippen molar-refractivity contribution in [2.45, 2.75) is 27.7 Å². The number of carbonyl (C=O) groups is 1. The van der Waals surface area contributed by atoms with Crippen LogP contribution < -0.4 is 14.4 Å². The highest BCUT2D eigenvalue weighted by Crippen LogP contribution is 2.30. The average Bonchev–Trinajstić information content (AvgIpc) is 2.59. The number of nitrogens with zero attached hydrogens (tertiary/aromatic N) is 1. The summed E-state index contributed by atoms with van der Waals surface area (Å²) in [6, 6.07) is 11.4. The summed E-state index contributed by atoms with van der Waals surface area (Å²) in [5.41, 5.74) is 3.73. The second-order valence-electron chi connectivity index (χ2n) is 5.64. The van der Waals surface area contributed by atoms with E-state index < -0.39 is 0 Å². The molecule has 0 fully saturated rings. The molecule has 0 unspecified atom stereocenters. The molecule has 0 aliphatic rings. The molecule has 24 heavy (non-hydrogen) atoms. The third kappa shape index (κ3) is 3.70. The number of amides is 1. The smallest absolute Gasteiger partial charge is 0.258 e. The van der Waals surface area contributed by atoms with Gasteiger partial charge in [-0.2, -0.15) is 0 Å². The van der Waals surface area contributed by atoms with Crippen LogP contribution in [0.4, 0.5) is 5.69 Å². The first-order chi connectivity index (χ1) is 11.5. The fourth-order valence-corrected chi connectivity index (χ4v) is 2.66. The average molecular weight is 327 g/mol. The fourth-order valence-electron chi connectivity index (χ4n) is 2.66. The Hall–Kier alpha value is -2.49. The van der Waals surface area contributed by atoms with Gasteiger partial charge in [-0.3, -0.25) is 4.79 Å². The second-order valence-corrected chi connectivity index (χ2v) is 5.64. The molecule has 4 nitrogen and oxygen atoms in total. The Morgan fingerprint density at radius 3 is 2.42 bits per heavy atom. The van der Waals surface area contributed by atoms with Gasteiger partial charge in [0.05, 0.1) is 13.7 Å². The number of carbonyl (C=O) groups excluding carboxylic acids is 1. The Bertz CT molecular complexity index is 725. The molecule has 0 atom stereocenters. The highest BCUT2D eigenvalue weighted by molar-refractivity contribution is 6.06. The van der Waals surface area contributed by atoms with Gasteiger partial charge in [-0.1, -0.05) is 12.1 Å². The Kier molecular flexibility index (Phi) is 5.85. The molecule has 0 radical (unpaired) electrons. The number of aryl methyl sites for hydroxylation is 2. The summed E-state index contributed by atoms with van der Waals surface area (Å²) in [4.78, 5) is 14.8. The van der Waals surface area contributed by atoms with Gasteiger partial charge in [0.2, 0.25) is 0 Å². The number of rotatable bonds is 6. The summed E-state index contributed by atoms with van der Waals surface area (Å²) in [5, 5.41) is 0. The van der Waals surface area contributed by atoms with Crippen LogP contribution in [0.25, 0.3) is 0 Å². The van der Waals surface area contributed by atoms with Crippen molar-refractivity contribution in [2.75, 3.05) is 25.2 Å². The highest BCUT2D eigenvalue weighted by atomic mass is 16.5. The van der Waals surface area contributed by atoms with Crippen molar-refractivity contribution in [2.24, 2.45) is 0 Å². The molecule has 0 saturated carbocycles. The van der Waals surface area contributed by atoms with Crippen LogP contribution in [0.15, 0.2) is 36.4 Å². The first-order valence-corrected chi connectivity index (χ1v) is 8.21. The molecule has 0 aliphatic carbocycles. The standard InChI is InChI=1S/C20H25NO3/c1-6-21(17-12-14(3)8-9-15(17)4)20(22)16-10-11-18(24-7-2)19(13-16)23-5/h8-13H,6-7H2,1-5H3. The van der Waals surface area contributed by atoms with E-state index in [0.29, 0.717) is 30.2 Å². The summed E-state index contributed by atoms with van der Waals surface area (Å²) in [5.74, 6) is 1.17. The predicted octanol–water partition coefficient (Wildman–Crippen LogP) is 4.38. The van der Waals surface area contributed by atoms with E-state index >= 15 is 0 Å². The third-order valence-electron chi connectivity index (χ3n) is 3.93. The Labute approximate surface area is 144 Å². The first kappa shape index (κ1) is 17.9. The van der Waals surface area contributed by atoms with Gasteiger partial charge in [0, 0.05) is 17.8 Å². The molecule has 4 heteroatoms. The van der Waals surface area contributed by atoms with Gasteiger partial charge >= 0.3 is 0 Å². The summed E-state index contributed by atoms with van der Waals surface area (Å²) in [6.07, 6.45) is 0. The van der Waals surface area contributed by atoms with Crippen LogP contribution in [0.2, 0.25) is 0 Å². The van der Waals surface area contributed by atoms with E-state index in [1.54, 1.807) is 30.2 Å². The number of methoxy groups -OCH3 is 1. The van der Waals surface area contributed by atoms with Crippen LogP contribution in [-0.2, 0) is 0 Å². The van der Waals surface area contributed by atoms with E-state index in [1.165, 1.54) is 0 Å². The largest absolute Gasteiger partial charge is 0.493 e. The van der Waals surface area contributed by atoms with Gasteiger partial charge in [0.25, 0.3) is 5.91 Å². The van der Waals surface area contributed by atoms with Gasteiger partial charge in [0.1, 0.15) is 0 Å². The van der Waals surface area contributed by atoms with Crippen LogP contribution >= 0.6 is 0 Å². The molecule has 0 aromatic heterocycles. The summed E-state index contributed by atoms with van der Waals surface area (Å²) >= 11 is 0. The molecular formula is C20H25NO3. The van der Waals surface area contributed by atoms with E-state index in [1.807, 2.05) is 39.8 Å². The molecule has 0 bridgehead atoms. The number of hydrogen-bond donors (Lipinski definition) is 0. The lowest BCUT2D eigenvalue weighted by molar-refractivity contribution is 0.0987. The molecule has 2 aromatic rings. The molecule has 0 saturated heterocycles. The molecular weight excluding hydrogens is 302 g/mol. The van der Waals surface area contributed by atoms with Crippen LogP contribution in [0.5, 0.6) is 11.5 Å². The van der Waals surface area contributed by atoms with Crippen LogP contribution in [0, 0.1) is 13.8 Å². The van der Waals surface area contributed by atoms with E-state index in [0.717, 1.165) is 16.8 Å². The zero-order valence-electron chi connectivity index (χ0n) is 15.1. The molecule has 0 spiro atoms. The maximum absolute atomic E-state index is 13.0. The minimum atomic E-state index is -0.0486. The van der Waals surface area contributed by atoms with Crippen molar-refractivity contribution < 1.29 is 14.3 Å². The minimum Gasteiger partial charge on any atom is -0.493 e. The van der Waals surface area contributed by atoms with E-state index in [2.05, 4.69) is 6.07 Å². The zero-order valence-corrected chi connectivity index (χ0v) is 15.1. The highest BCUT2D eigenvalue weighted by Gasteiger charge is 2.19. The Morgan fingerprint density at radius 1 is 1.04 bits per heavy atom. The lowest BCUT2D eigenvalue weighted by atomic mass is 10.1. The summed E-state index contributed by atoms with van der Waals surface area (Å²) in [6.45, 7) is 9.08. The maximum atomic E-state index is 13.0. The van der Waals surface area contributed by atoms with Crippen LogP contribution in [-0.4, -0.2) is 26.2 Å². The molecule has 0 aliphatic heterocycles. The fraction of sp³-hybridized carbons (Fsp3) is 0.350. The molecule has 2 rings (SSSR count). The Morgan fingerprint density at radius 2 is 1.79 bits per heavy atom.